The Kier molecular flexibility index (Phi) is 4.99. The molecule has 0 radical (unpaired) electrons. The van der Waals surface area contributed by atoms with Gasteiger partial charge in [-0.3, -0.25) is 4.90 Å². The van der Waals surface area contributed by atoms with Crippen LogP contribution in [-0.2, 0) is 14.3 Å². The third kappa shape index (κ3) is 3.19. The van der Waals surface area contributed by atoms with E-state index < -0.39 is 12.1 Å². The largest absolute Gasteiger partial charge is 0.465 e. The van der Waals surface area contributed by atoms with Crippen molar-refractivity contribution in [2.24, 2.45) is 0 Å². The molecule has 116 valence electrons. The molecule has 22 heavy (non-hydrogen) atoms. The maximum absolute atomic E-state index is 12.3. The van der Waals surface area contributed by atoms with Gasteiger partial charge in [-0.25, -0.2) is 9.59 Å². The van der Waals surface area contributed by atoms with Crippen LogP contribution < -0.4 is 0 Å². The minimum atomic E-state index is -0.495. The number of benzene rings is 1. The van der Waals surface area contributed by atoms with Crippen LogP contribution >= 0.6 is 0 Å². The van der Waals surface area contributed by atoms with Crippen LogP contribution in [0, 0.1) is 0 Å². The molecule has 5 nitrogen and oxygen atoms in total. The fraction of sp³-hybridized carbons (Fsp3) is 0.294. The first-order valence-corrected chi connectivity index (χ1v) is 7.06. The minimum absolute atomic E-state index is 0.265. The van der Waals surface area contributed by atoms with Crippen LogP contribution in [0.5, 0.6) is 0 Å². The van der Waals surface area contributed by atoms with Crippen molar-refractivity contribution in [2.75, 3.05) is 13.7 Å². The lowest BCUT2D eigenvalue weighted by molar-refractivity contribution is -0.135. The molecule has 1 aliphatic heterocycles. The predicted octanol–water partition coefficient (Wildman–Crippen LogP) is 3.20. The number of methoxy groups -OCH3 is 1. The summed E-state index contributed by atoms with van der Waals surface area (Å²) in [7, 11) is 1.31. The van der Waals surface area contributed by atoms with E-state index in [9.17, 15) is 9.59 Å². The standard InChI is InChI=1S/C17H19NO4/c1-4-22-17(20)18-11-14(16(19)21-3)10-12(2)15(18)13-8-6-5-7-9-13/h5-11,15H,4H2,1-3H3. The lowest BCUT2D eigenvalue weighted by Gasteiger charge is -2.32. The van der Waals surface area contributed by atoms with E-state index in [2.05, 4.69) is 0 Å². The molecule has 1 unspecified atom stereocenters. The fourth-order valence-electron chi connectivity index (χ4n) is 2.45. The summed E-state index contributed by atoms with van der Waals surface area (Å²) in [5.74, 6) is -0.486. The van der Waals surface area contributed by atoms with E-state index >= 15 is 0 Å². The molecule has 5 heteroatoms. The second kappa shape index (κ2) is 6.93. The topological polar surface area (TPSA) is 55.8 Å². The number of ether oxygens (including phenoxy) is 2. The summed E-state index contributed by atoms with van der Waals surface area (Å²) in [5.41, 5.74) is 2.13. The number of nitrogens with zero attached hydrogens (tertiary/aromatic N) is 1. The molecular formula is C17H19NO4. The molecule has 0 bridgehead atoms. The molecule has 0 spiro atoms. The van der Waals surface area contributed by atoms with Crippen LogP contribution in [0.2, 0.25) is 0 Å². The maximum atomic E-state index is 12.3. The van der Waals surface area contributed by atoms with E-state index in [1.54, 1.807) is 13.0 Å². The van der Waals surface area contributed by atoms with Gasteiger partial charge >= 0.3 is 12.1 Å². The summed E-state index contributed by atoms with van der Waals surface area (Å²) in [6, 6.07) is 9.30. The average molecular weight is 301 g/mol. The second-order valence-corrected chi connectivity index (χ2v) is 4.88. The van der Waals surface area contributed by atoms with Crippen molar-refractivity contribution in [1.82, 2.24) is 4.90 Å². The summed E-state index contributed by atoms with van der Waals surface area (Å²) in [6.45, 7) is 3.88. The molecule has 0 aromatic heterocycles. The predicted molar refractivity (Wildman–Crippen MR) is 81.9 cm³/mol. The van der Waals surface area contributed by atoms with Gasteiger partial charge < -0.3 is 9.47 Å². The Morgan fingerprint density at radius 1 is 1.23 bits per heavy atom. The number of esters is 1. The van der Waals surface area contributed by atoms with E-state index in [0.29, 0.717) is 5.57 Å². The van der Waals surface area contributed by atoms with Crippen molar-refractivity contribution in [3.63, 3.8) is 0 Å². The zero-order chi connectivity index (χ0) is 16.1. The molecule has 0 saturated carbocycles. The van der Waals surface area contributed by atoms with Gasteiger partial charge in [0.15, 0.2) is 0 Å². The van der Waals surface area contributed by atoms with Crippen LogP contribution in [0.4, 0.5) is 4.79 Å². The molecule has 1 aromatic rings. The maximum Gasteiger partial charge on any atom is 0.414 e. The highest BCUT2D eigenvalue weighted by molar-refractivity contribution is 5.93. The number of hydrogen-bond acceptors (Lipinski definition) is 4. The monoisotopic (exact) mass is 301 g/mol. The highest BCUT2D eigenvalue weighted by Crippen LogP contribution is 2.34. The lowest BCUT2D eigenvalue weighted by atomic mass is 9.94. The highest BCUT2D eigenvalue weighted by atomic mass is 16.6. The Labute approximate surface area is 129 Å². The number of rotatable bonds is 3. The van der Waals surface area contributed by atoms with Gasteiger partial charge in [-0.05, 0) is 31.1 Å². The first-order valence-electron chi connectivity index (χ1n) is 7.06. The van der Waals surface area contributed by atoms with Gasteiger partial charge in [0.2, 0.25) is 0 Å². The first-order chi connectivity index (χ1) is 10.6. The third-order valence-electron chi connectivity index (χ3n) is 3.39. The Hall–Kier alpha value is -2.56. The molecular weight excluding hydrogens is 282 g/mol. The highest BCUT2D eigenvalue weighted by Gasteiger charge is 2.31. The quantitative estimate of drug-likeness (QED) is 0.804. The second-order valence-electron chi connectivity index (χ2n) is 4.88. The molecule has 1 atom stereocenters. The molecule has 1 amide bonds. The Morgan fingerprint density at radius 2 is 1.91 bits per heavy atom. The van der Waals surface area contributed by atoms with E-state index in [4.69, 9.17) is 9.47 Å². The first kappa shape index (κ1) is 15.8. The van der Waals surface area contributed by atoms with Crippen molar-refractivity contribution >= 4 is 12.1 Å². The summed E-state index contributed by atoms with van der Waals surface area (Å²) in [5, 5.41) is 0. The Bertz CT molecular complexity index is 619. The van der Waals surface area contributed by atoms with Gasteiger partial charge in [0.25, 0.3) is 0 Å². The van der Waals surface area contributed by atoms with Crippen molar-refractivity contribution in [3.05, 3.63) is 59.3 Å². The van der Waals surface area contributed by atoms with E-state index in [0.717, 1.165) is 11.1 Å². The lowest BCUT2D eigenvalue weighted by Crippen LogP contribution is -2.34. The SMILES string of the molecule is CCOC(=O)N1C=C(C(=O)OC)C=C(C)C1c1ccccc1. The number of hydrogen-bond donors (Lipinski definition) is 0. The molecule has 0 aliphatic carbocycles. The molecule has 0 saturated heterocycles. The zero-order valence-corrected chi connectivity index (χ0v) is 12.9. The molecule has 1 aliphatic rings. The van der Waals surface area contributed by atoms with Gasteiger partial charge in [0.1, 0.15) is 0 Å². The number of amides is 1. The average Bonchev–Trinajstić information content (AvgIpc) is 2.54. The van der Waals surface area contributed by atoms with Crippen molar-refractivity contribution < 1.29 is 19.1 Å². The Morgan fingerprint density at radius 3 is 2.50 bits per heavy atom. The van der Waals surface area contributed by atoms with Gasteiger partial charge in [-0.1, -0.05) is 30.3 Å². The molecule has 0 fully saturated rings. The minimum Gasteiger partial charge on any atom is -0.465 e. The van der Waals surface area contributed by atoms with Crippen LogP contribution in [0.25, 0.3) is 0 Å². The van der Waals surface area contributed by atoms with Crippen molar-refractivity contribution in [2.45, 2.75) is 19.9 Å². The normalized spacial score (nSPS) is 17.4. The molecule has 0 N–H and O–H groups in total. The van der Waals surface area contributed by atoms with Gasteiger partial charge in [-0.15, -0.1) is 0 Å². The summed E-state index contributed by atoms with van der Waals surface area (Å²) < 4.78 is 9.84. The van der Waals surface area contributed by atoms with Crippen LogP contribution in [0.15, 0.2) is 53.8 Å². The zero-order valence-electron chi connectivity index (χ0n) is 12.9. The van der Waals surface area contributed by atoms with Gasteiger partial charge in [0.05, 0.1) is 25.3 Å². The fourth-order valence-corrected chi connectivity index (χ4v) is 2.45. The molecule has 2 rings (SSSR count). The van der Waals surface area contributed by atoms with E-state index in [1.807, 2.05) is 37.3 Å². The van der Waals surface area contributed by atoms with Crippen LogP contribution in [-0.4, -0.2) is 30.7 Å². The number of carbonyl (C=O) groups excluding carboxylic acids is 2. The molecule has 1 aromatic carbocycles. The van der Waals surface area contributed by atoms with E-state index in [-0.39, 0.29) is 12.6 Å². The number of carbonyl (C=O) groups is 2. The van der Waals surface area contributed by atoms with Gasteiger partial charge in [-0.2, -0.15) is 0 Å². The Balaban J connectivity index is 2.44. The van der Waals surface area contributed by atoms with Crippen molar-refractivity contribution in [1.29, 1.82) is 0 Å². The van der Waals surface area contributed by atoms with Crippen LogP contribution in [0.1, 0.15) is 25.5 Å². The summed E-state index contributed by atoms with van der Waals surface area (Å²) in [4.78, 5) is 25.5. The summed E-state index contributed by atoms with van der Waals surface area (Å²) >= 11 is 0. The smallest absolute Gasteiger partial charge is 0.414 e. The van der Waals surface area contributed by atoms with Crippen LogP contribution in [0.3, 0.4) is 0 Å². The van der Waals surface area contributed by atoms with E-state index in [1.165, 1.54) is 18.2 Å². The third-order valence-corrected chi connectivity index (χ3v) is 3.39. The molecule has 1 heterocycles. The summed E-state index contributed by atoms with van der Waals surface area (Å²) in [6.07, 6.45) is 2.72. The van der Waals surface area contributed by atoms with Gasteiger partial charge in [0, 0.05) is 6.20 Å². The van der Waals surface area contributed by atoms with Crippen molar-refractivity contribution in [3.8, 4) is 0 Å².